The average Bonchev–Trinajstić information content (AvgIpc) is 3.81. The summed E-state index contributed by atoms with van der Waals surface area (Å²) in [6.45, 7) is 7.92. The number of quaternary nitrogens is 1. The van der Waals surface area contributed by atoms with Crippen LogP contribution in [-0.2, 0) is 26.2 Å². The molecule has 15 heteroatoms. The topological polar surface area (TPSA) is 211 Å². The van der Waals surface area contributed by atoms with Crippen LogP contribution in [0.2, 0.25) is 0 Å². The summed E-state index contributed by atoms with van der Waals surface area (Å²) in [6.07, 6.45) is 5.02. The molecule has 51 heavy (non-hydrogen) atoms. The molecule has 2 saturated carbocycles. The zero-order chi connectivity index (χ0) is 36.7. The molecular formula is C36H53N8O7+. The summed E-state index contributed by atoms with van der Waals surface area (Å²) in [7, 11) is 3.89. The van der Waals surface area contributed by atoms with Crippen molar-refractivity contribution in [2.75, 3.05) is 53.4 Å². The molecule has 6 rings (SSSR count). The van der Waals surface area contributed by atoms with Gasteiger partial charge in [0.05, 0.1) is 32.1 Å². The predicted molar refractivity (Wildman–Crippen MR) is 189 cm³/mol. The van der Waals surface area contributed by atoms with Crippen LogP contribution in [0, 0.1) is 5.92 Å². The summed E-state index contributed by atoms with van der Waals surface area (Å²) in [4.78, 5) is 55.3. The first-order valence-electron chi connectivity index (χ1n) is 18.1. The number of benzene rings is 1. The smallest absolute Gasteiger partial charge is 0.415 e. The van der Waals surface area contributed by atoms with Gasteiger partial charge in [-0.2, -0.15) is 0 Å². The van der Waals surface area contributed by atoms with Gasteiger partial charge in [-0.1, -0.05) is 12.6 Å². The molecule has 2 heterocycles. The van der Waals surface area contributed by atoms with Crippen molar-refractivity contribution in [2.24, 2.45) is 22.4 Å². The van der Waals surface area contributed by atoms with Crippen molar-refractivity contribution in [1.82, 2.24) is 20.9 Å². The third kappa shape index (κ3) is 6.85. The van der Waals surface area contributed by atoms with Crippen LogP contribution in [0.4, 0.5) is 4.79 Å². The van der Waals surface area contributed by atoms with Crippen molar-refractivity contribution in [1.29, 1.82) is 0 Å². The lowest BCUT2D eigenvalue weighted by Gasteiger charge is -2.65. The number of ether oxygens (including phenoxy) is 2. The van der Waals surface area contributed by atoms with E-state index in [0.29, 0.717) is 30.8 Å². The number of nitrogens with two attached hydrogens (primary N) is 2. The molecule has 2 aliphatic heterocycles. The molecule has 1 saturated heterocycles. The highest BCUT2D eigenvalue weighted by molar-refractivity contribution is 5.89. The van der Waals surface area contributed by atoms with Crippen LogP contribution >= 0.6 is 0 Å². The van der Waals surface area contributed by atoms with Gasteiger partial charge < -0.3 is 51.4 Å². The molecule has 2 bridgehead atoms. The van der Waals surface area contributed by atoms with Crippen LogP contribution in [0.15, 0.2) is 29.3 Å². The van der Waals surface area contributed by atoms with Gasteiger partial charge in [-0.05, 0) is 55.7 Å². The SMILES string of the molecule is C=C1CC[C@@]2(O)[C@H]3Cc4ccc(OC(=O)N(C)CCNC(=O)[C@H](CCCN=C(N)N)NC(=O)CNC(C)=O)c5c4[C@@]2(CC[N+]3(C)CC2CC2)[C@H]1O5. The number of carbonyl (C=O) groups is 4. The maximum atomic E-state index is 13.4. The van der Waals surface area contributed by atoms with E-state index in [9.17, 15) is 24.3 Å². The second-order valence-electron chi connectivity index (χ2n) is 15.3. The number of nitrogens with one attached hydrogen (secondary N) is 3. The highest BCUT2D eigenvalue weighted by atomic mass is 16.6. The quantitative estimate of drug-likeness (QED) is 0.0511. The molecule has 1 unspecified atom stereocenters. The number of aliphatic imine (C=N–C) groups is 1. The fourth-order valence-corrected chi connectivity index (χ4v) is 9.09. The Bertz CT molecular complexity index is 1630. The molecule has 5 aliphatic rings. The number of likely N-dealkylation sites (N-methyl/N-ethyl adjacent to an activating group) is 2. The van der Waals surface area contributed by atoms with Crippen molar-refractivity contribution >= 4 is 29.8 Å². The van der Waals surface area contributed by atoms with Gasteiger partial charge in [0.15, 0.2) is 17.5 Å². The third-order valence-electron chi connectivity index (χ3n) is 11.8. The minimum Gasteiger partial charge on any atom is -0.481 e. The van der Waals surface area contributed by atoms with Crippen LogP contribution in [-0.4, -0.2) is 121 Å². The highest BCUT2D eigenvalue weighted by Gasteiger charge is 2.75. The summed E-state index contributed by atoms with van der Waals surface area (Å²) >= 11 is 0. The number of guanidine groups is 1. The Morgan fingerprint density at radius 1 is 1.22 bits per heavy atom. The van der Waals surface area contributed by atoms with E-state index in [4.69, 9.17) is 20.9 Å². The van der Waals surface area contributed by atoms with Gasteiger partial charge in [-0.15, -0.1) is 0 Å². The van der Waals surface area contributed by atoms with Crippen molar-refractivity contribution < 1.29 is 38.2 Å². The normalized spacial score (nSPS) is 28.7. The number of nitrogens with zero attached hydrogens (tertiary/aromatic N) is 3. The van der Waals surface area contributed by atoms with Crippen molar-refractivity contribution in [3.8, 4) is 11.5 Å². The van der Waals surface area contributed by atoms with Crippen molar-refractivity contribution in [3.05, 3.63) is 35.4 Å². The van der Waals surface area contributed by atoms with Gasteiger partial charge in [-0.3, -0.25) is 19.4 Å². The maximum absolute atomic E-state index is 13.4. The Hall–Kier alpha value is -4.37. The lowest BCUT2D eigenvalue weighted by molar-refractivity contribution is -0.950. The molecule has 8 N–H and O–H groups in total. The fraction of sp³-hybridized carbons (Fsp3) is 0.639. The van der Waals surface area contributed by atoms with Gasteiger partial charge in [0.1, 0.15) is 23.8 Å². The molecule has 1 spiro atoms. The number of piperidine rings is 1. The van der Waals surface area contributed by atoms with Crippen molar-refractivity contribution in [3.63, 3.8) is 0 Å². The summed E-state index contributed by atoms with van der Waals surface area (Å²) in [6, 6.07) is 2.97. The van der Waals surface area contributed by atoms with E-state index in [1.54, 1.807) is 13.1 Å². The van der Waals surface area contributed by atoms with Crippen LogP contribution in [0.1, 0.15) is 63.0 Å². The summed E-state index contributed by atoms with van der Waals surface area (Å²) < 4.78 is 13.5. The molecule has 15 nitrogen and oxygen atoms in total. The zero-order valence-electron chi connectivity index (χ0n) is 30.0. The van der Waals surface area contributed by atoms with E-state index in [1.165, 1.54) is 24.7 Å². The van der Waals surface area contributed by atoms with Gasteiger partial charge in [0, 0.05) is 57.9 Å². The first kappa shape index (κ1) is 36.4. The fourth-order valence-electron chi connectivity index (χ4n) is 9.09. The van der Waals surface area contributed by atoms with E-state index in [1.807, 2.05) is 6.07 Å². The van der Waals surface area contributed by atoms with Crippen LogP contribution in [0.5, 0.6) is 11.5 Å². The molecule has 6 atom stereocenters. The molecule has 3 aliphatic carbocycles. The average molecular weight is 710 g/mol. The van der Waals surface area contributed by atoms with Gasteiger partial charge in [0.25, 0.3) is 0 Å². The van der Waals surface area contributed by atoms with Gasteiger partial charge in [-0.25, -0.2) is 4.79 Å². The highest BCUT2D eigenvalue weighted by Crippen LogP contribution is 2.67. The number of carbonyl (C=O) groups excluding carboxylic acids is 4. The Morgan fingerprint density at radius 3 is 2.69 bits per heavy atom. The van der Waals surface area contributed by atoms with Gasteiger partial charge >= 0.3 is 6.09 Å². The number of hydrogen-bond donors (Lipinski definition) is 6. The number of amides is 4. The van der Waals surface area contributed by atoms with E-state index in [-0.39, 0.29) is 56.6 Å². The van der Waals surface area contributed by atoms with Crippen LogP contribution in [0.25, 0.3) is 0 Å². The maximum Gasteiger partial charge on any atom is 0.415 e. The first-order chi connectivity index (χ1) is 24.2. The van der Waals surface area contributed by atoms with Gasteiger partial charge in [0.2, 0.25) is 17.7 Å². The minimum atomic E-state index is -0.955. The number of aliphatic hydroxyl groups is 1. The molecule has 0 radical (unpaired) electrons. The second-order valence-corrected chi connectivity index (χ2v) is 15.3. The Balaban J connectivity index is 1.11. The van der Waals surface area contributed by atoms with E-state index in [2.05, 4.69) is 34.6 Å². The van der Waals surface area contributed by atoms with E-state index in [0.717, 1.165) is 53.0 Å². The molecule has 0 aromatic heterocycles. The summed E-state index contributed by atoms with van der Waals surface area (Å²) in [5.74, 6) is 0.125. The van der Waals surface area contributed by atoms with Crippen LogP contribution < -0.4 is 36.9 Å². The standard InChI is InChI=1S/C36H52N8O7/c1-21-11-12-36(49)27-18-24-9-10-26(30-29(24)35(36,31(21)51-30)13-17-44(27,4)20-23-7-8-23)50-34(48)43(3)16-15-39-32(47)25(6-5-14-40-33(37)38)42-28(46)19-41-22(2)45/h9-10,23,25,27,31,49H,1,5-8,11-20H2,2-4H3,(H6-,37,38,39,40,41,42,45,46,47)/p+1/t25-,27+,31-,35-,36+,44?/m0/s1. The number of hydrogen-bond acceptors (Lipinski definition) is 8. The molecular weight excluding hydrogens is 656 g/mol. The monoisotopic (exact) mass is 709 g/mol. The van der Waals surface area contributed by atoms with Crippen molar-refractivity contribution in [2.45, 2.75) is 87.5 Å². The molecule has 4 amide bonds. The molecule has 278 valence electrons. The minimum absolute atomic E-state index is 0.0580. The Morgan fingerprint density at radius 2 is 1.98 bits per heavy atom. The first-order valence-corrected chi connectivity index (χ1v) is 18.1. The zero-order valence-corrected chi connectivity index (χ0v) is 30.0. The number of rotatable bonds is 14. The lowest BCUT2D eigenvalue weighted by Crippen LogP contribution is -2.80. The molecule has 3 fully saturated rings. The van der Waals surface area contributed by atoms with Crippen LogP contribution in [0.3, 0.4) is 0 Å². The third-order valence-corrected chi connectivity index (χ3v) is 11.8. The van der Waals surface area contributed by atoms with E-state index < -0.39 is 35.0 Å². The second kappa shape index (κ2) is 14.0. The lowest BCUT2D eigenvalue weighted by atomic mass is 9.48. The Labute approximate surface area is 298 Å². The molecule has 1 aromatic rings. The predicted octanol–water partition coefficient (Wildman–Crippen LogP) is 0.173. The summed E-state index contributed by atoms with van der Waals surface area (Å²) in [5.41, 5.74) is 12.3. The largest absolute Gasteiger partial charge is 0.481 e. The summed E-state index contributed by atoms with van der Waals surface area (Å²) in [5, 5.41) is 20.6. The number of likely N-dealkylation sites (tertiary alicyclic amines) is 1. The Kier molecular flexibility index (Phi) is 9.98. The van der Waals surface area contributed by atoms with E-state index >= 15 is 0 Å². The molecule has 1 aromatic carbocycles.